The predicted octanol–water partition coefficient (Wildman–Crippen LogP) is 5.65. The minimum Gasteiger partial charge on any atom is -0.479 e. The third kappa shape index (κ3) is 4.45. The summed E-state index contributed by atoms with van der Waals surface area (Å²) in [5.74, 6) is -0.906. The first-order chi connectivity index (χ1) is 10.7. The highest BCUT2D eigenvalue weighted by atomic mass is 32.1. The molecule has 0 aromatic carbocycles. The van der Waals surface area contributed by atoms with Crippen LogP contribution in [0.4, 0.5) is 0 Å². The highest BCUT2D eigenvalue weighted by Crippen LogP contribution is 2.41. The highest BCUT2D eigenvalue weighted by molar-refractivity contribution is 7.12. The lowest BCUT2D eigenvalue weighted by Crippen LogP contribution is -2.28. The van der Waals surface area contributed by atoms with Crippen LogP contribution in [0.25, 0.3) is 5.57 Å². The van der Waals surface area contributed by atoms with Gasteiger partial charge in [0.15, 0.2) is 6.10 Å². The molecule has 3 nitrogen and oxygen atoms in total. The SMILES string of the molecule is Cc1sc(C)c(C(OC(C)(C)C)C(=O)O)c1C1=CCCCCC1. The molecule has 2 rings (SSSR count). The van der Waals surface area contributed by atoms with Crippen LogP contribution in [0.3, 0.4) is 0 Å². The fourth-order valence-electron chi connectivity index (χ4n) is 3.24. The van der Waals surface area contributed by atoms with Gasteiger partial charge < -0.3 is 9.84 Å². The average Bonchev–Trinajstić information content (AvgIpc) is 2.63. The third-order valence-corrected chi connectivity index (χ3v) is 5.16. The van der Waals surface area contributed by atoms with E-state index in [-0.39, 0.29) is 0 Å². The predicted molar refractivity (Wildman–Crippen MR) is 96.1 cm³/mol. The molecule has 0 saturated carbocycles. The van der Waals surface area contributed by atoms with Crippen molar-refractivity contribution >= 4 is 22.9 Å². The molecule has 0 spiro atoms. The second kappa shape index (κ2) is 7.18. The maximum Gasteiger partial charge on any atom is 0.337 e. The second-order valence-electron chi connectivity index (χ2n) is 7.28. The van der Waals surface area contributed by atoms with Gasteiger partial charge >= 0.3 is 5.97 Å². The molecule has 23 heavy (non-hydrogen) atoms. The zero-order chi connectivity index (χ0) is 17.2. The number of hydrogen-bond donors (Lipinski definition) is 1. The normalized spacial score (nSPS) is 17.5. The van der Waals surface area contributed by atoms with Gasteiger partial charge in [0.2, 0.25) is 0 Å². The van der Waals surface area contributed by atoms with Crippen LogP contribution in [-0.4, -0.2) is 16.7 Å². The van der Waals surface area contributed by atoms with E-state index >= 15 is 0 Å². The van der Waals surface area contributed by atoms with E-state index in [9.17, 15) is 9.90 Å². The lowest BCUT2D eigenvalue weighted by Gasteiger charge is -2.26. The first-order valence-corrected chi connectivity index (χ1v) is 9.22. The van der Waals surface area contributed by atoms with Crippen LogP contribution in [0.1, 0.15) is 79.9 Å². The van der Waals surface area contributed by atoms with Crippen LogP contribution in [0, 0.1) is 13.8 Å². The van der Waals surface area contributed by atoms with Gasteiger partial charge in [0.05, 0.1) is 5.60 Å². The summed E-state index contributed by atoms with van der Waals surface area (Å²) in [5.41, 5.74) is 2.80. The first-order valence-electron chi connectivity index (χ1n) is 8.40. The minimum absolute atomic E-state index is 0.500. The maximum atomic E-state index is 11.9. The van der Waals surface area contributed by atoms with Gasteiger partial charge in [-0.1, -0.05) is 12.5 Å². The Morgan fingerprint density at radius 1 is 1.22 bits per heavy atom. The number of allylic oxidation sites excluding steroid dienone is 2. The Morgan fingerprint density at radius 2 is 1.91 bits per heavy atom. The van der Waals surface area contributed by atoms with Crippen molar-refractivity contribution in [1.29, 1.82) is 0 Å². The quantitative estimate of drug-likeness (QED) is 0.772. The first kappa shape index (κ1) is 18.2. The van der Waals surface area contributed by atoms with Gasteiger partial charge in [0, 0.05) is 15.3 Å². The van der Waals surface area contributed by atoms with Crippen LogP contribution >= 0.6 is 11.3 Å². The molecule has 1 aromatic heterocycles. The van der Waals surface area contributed by atoms with Crippen molar-refractivity contribution < 1.29 is 14.6 Å². The van der Waals surface area contributed by atoms with Gasteiger partial charge in [-0.25, -0.2) is 4.79 Å². The molecule has 0 radical (unpaired) electrons. The van der Waals surface area contributed by atoms with Crippen molar-refractivity contribution in [3.63, 3.8) is 0 Å². The van der Waals surface area contributed by atoms with Gasteiger partial charge in [-0.2, -0.15) is 0 Å². The Morgan fingerprint density at radius 3 is 2.52 bits per heavy atom. The fraction of sp³-hybridized carbons (Fsp3) is 0.632. The van der Waals surface area contributed by atoms with Crippen LogP contribution < -0.4 is 0 Å². The highest BCUT2D eigenvalue weighted by Gasteiger charge is 2.32. The molecule has 0 amide bonds. The van der Waals surface area contributed by atoms with E-state index in [0.29, 0.717) is 0 Å². The molecular weight excluding hydrogens is 308 g/mol. The summed E-state index contributed by atoms with van der Waals surface area (Å²) >= 11 is 1.68. The molecular formula is C19H28O3S. The monoisotopic (exact) mass is 336 g/mol. The van der Waals surface area contributed by atoms with Crippen molar-refractivity contribution in [2.24, 2.45) is 0 Å². The number of hydrogen-bond acceptors (Lipinski definition) is 3. The summed E-state index contributed by atoms with van der Waals surface area (Å²) in [6.45, 7) is 9.82. The van der Waals surface area contributed by atoms with Gasteiger partial charge in [-0.05, 0) is 71.4 Å². The zero-order valence-electron chi connectivity index (χ0n) is 14.9. The van der Waals surface area contributed by atoms with Gasteiger partial charge in [0.1, 0.15) is 0 Å². The third-order valence-electron chi connectivity index (χ3n) is 4.13. The van der Waals surface area contributed by atoms with Crippen molar-refractivity contribution in [3.8, 4) is 0 Å². The number of carboxylic acids is 1. The minimum atomic E-state index is -0.906. The maximum absolute atomic E-state index is 11.9. The summed E-state index contributed by atoms with van der Waals surface area (Å²) < 4.78 is 5.92. The molecule has 0 bridgehead atoms. The number of rotatable bonds is 4. The van der Waals surface area contributed by atoms with E-state index in [4.69, 9.17) is 4.74 Å². The topological polar surface area (TPSA) is 46.5 Å². The average molecular weight is 336 g/mol. The van der Waals surface area contributed by atoms with Gasteiger partial charge in [-0.3, -0.25) is 0 Å². The number of aliphatic carboxylic acids is 1. The second-order valence-corrected chi connectivity index (χ2v) is 8.71. The van der Waals surface area contributed by atoms with E-state index in [2.05, 4.69) is 13.0 Å². The summed E-state index contributed by atoms with van der Waals surface area (Å²) in [5, 5.41) is 9.76. The smallest absolute Gasteiger partial charge is 0.337 e. The van der Waals surface area contributed by atoms with Crippen molar-refractivity contribution in [2.75, 3.05) is 0 Å². The Balaban J connectivity index is 2.52. The Bertz CT molecular complexity index is 605. The fourth-order valence-corrected chi connectivity index (χ4v) is 4.37. The van der Waals surface area contributed by atoms with Crippen LogP contribution in [0.2, 0.25) is 0 Å². The molecule has 0 aliphatic heterocycles. The van der Waals surface area contributed by atoms with Crippen LogP contribution in [-0.2, 0) is 9.53 Å². The molecule has 1 aliphatic rings. The van der Waals surface area contributed by atoms with E-state index in [0.717, 1.165) is 28.8 Å². The Hall–Kier alpha value is -1.13. The van der Waals surface area contributed by atoms with E-state index in [1.165, 1.54) is 29.7 Å². The van der Waals surface area contributed by atoms with Gasteiger partial charge in [0.25, 0.3) is 0 Å². The number of aryl methyl sites for hydroxylation is 2. The van der Waals surface area contributed by atoms with Crippen LogP contribution in [0.5, 0.6) is 0 Å². The molecule has 0 saturated heterocycles. The molecule has 1 N–H and O–H groups in total. The summed E-state index contributed by atoms with van der Waals surface area (Å²) in [6.07, 6.45) is 7.17. The van der Waals surface area contributed by atoms with E-state index in [1.54, 1.807) is 11.3 Å². The number of carboxylic acid groups (broad SMARTS) is 1. The van der Waals surface area contributed by atoms with Gasteiger partial charge in [-0.15, -0.1) is 11.3 Å². The Labute approximate surface area is 143 Å². The molecule has 128 valence electrons. The summed E-state index contributed by atoms with van der Waals surface area (Å²) in [6, 6.07) is 0. The standard InChI is InChI=1S/C19H28O3S/c1-12-15(14-10-8-6-7-9-11-14)16(13(2)23-12)17(18(20)21)22-19(3,4)5/h10,17H,6-9,11H2,1-5H3,(H,20,21). The van der Waals surface area contributed by atoms with Crippen molar-refractivity contribution in [3.05, 3.63) is 27.0 Å². The van der Waals surface area contributed by atoms with Crippen molar-refractivity contribution in [1.82, 2.24) is 0 Å². The summed E-state index contributed by atoms with van der Waals surface area (Å²) in [7, 11) is 0. The largest absolute Gasteiger partial charge is 0.479 e. The van der Waals surface area contributed by atoms with E-state index < -0.39 is 17.7 Å². The number of ether oxygens (including phenoxy) is 1. The van der Waals surface area contributed by atoms with E-state index in [1.807, 2.05) is 27.7 Å². The number of carbonyl (C=O) groups is 1. The molecule has 1 unspecified atom stereocenters. The summed E-state index contributed by atoms with van der Waals surface area (Å²) in [4.78, 5) is 14.2. The molecule has 1 atom stereocenters. The van der Waals surface area contributed by atoms with Crippen molar-refractivity contribution in [2.45, 2.75) is 78.4 Å². The molecule has 1 heterocycles. The number of thiophene rings is 1. The molecule has 1 aromatic rings. The molecule has 4 heteroatoms. The zero-order valence-corrected chi connectivity index (χ0v) is 15.7. The molecule has 0 fully saturated rings. The lowest BCUT2D eigenvalue weighted by atomic mass is 9.93. The lowest BCUT2D eigenvalue weighted by molar-refractivity contribution is -0.160. The Kier molecular flexibility index (Phi) is 5.69. The van der Waals surface area contributed by atoms with Crippen LogP contribution in [0.15, 0.2) is 6.08 Å². The molecule has 1 aliphatic carbocycles.